The van der Waals surface area contributed by atoms with Crippen molar-refractivity contribution in [2.45, 2.75) is 6.92 Å². The minimum atomic E-state index is -0.447. The Morgan fingerprint density at radius 2 is 1.53 bits per heavy atom. The number of benzene rings is 1. The van der Waals surface area contributed by atoms with Crippen molar-refractivity contribution in [1.29, 1.82) is 0 Å². The van der Waals surface area contributed by atoms with Gasteiger partial charge >= 0.3 is 5.97 Å². The summed E-state index contributed by atoms with van der Waals surface area (Å²) in [7, 11) is 1.30. The number of methoxy groups -OCH3 is 1. The van der Waals surface area contributed by atoms with Crippen LogP contribution in [-0.2, 0) is 9.53 Å². The molecule has 1 rings (SSSR count). The normalized spacial score (nSPS) is 9.58. The predicted molar refractivity (Wildman–Crippen MR) is 68.8 cm³/mol. The Balaban J connectivity index is 2.49. The van der Waals surface area contributed by atoms with Gasteiger partial charge in [-0.1, -0.05) is 0 Å². The molecule has 0 aromatic heterocycles. The summed E-state index contributed by atoms with van der Waals surface area (Å²) in [4.78, 5) is 33.5. The Labute approximate surface area is 111 Å². The Kier molecular flexibility index (Phi) is 5.53. The van der Waals surface area contributed by atoms with E-state index in [-0.39, 0.29) is 11.8 Å². The first-order valence-electron chi connectivity index (χ1n) is 5.75. The zero-order chi connectivity index (χ0) is 14.3. The van der Waals surface area contributed by atoms with Gasteiger partial charge in [0.25, 0.3) is 5.91 Å². The van der Waals surface area contributed by atoms with Crippen LogP contribution in [0.4, 0.5) is 0 Å². The third-order valence-electron chi connectivity index (χ3n) is 2.35. The van der Waals surface area contributed by atoms with Crippen LogP contribution < -0.4 is 10.6 Å². The molecule has 0 bridgehead atoms. The number of carbonyl (C=O) groups excluding carboxylic acids is 3. The highest BCUT2D eigenvalue weighted by Gasteiger charge is 2.08. The Bertz CT molecular complexity index is 468. The molecule has 2 amide bonds. The number of carbonyl (C=O) groups is 3. The summed E-state index contributed by atoms with van der Waals surface area (Å²) in [5.74, 6) is -0.851. The zero-order valence-electron chi connectivity index (χ0n) is 10.9. The topological polar surface area (TPSA) is 84.5 Å². The minimum Gasteiger partial charge on any atom is -0.465 e. The first kappa shape index (κ1) is 14.7. The molecule has 1 aromatic rings. The van der Waals surface area contributed by atoms with Crippen LogP contribution in [0.3, 0.4) is 0 Å². The lowest BCUT2D eigenvalue weighted by atomic mass is 10.1. The molecule has 0 unspecified atom stereocenters. The van der Waals surface area contributed by atoms with Crippen LogP contribution in [0.25, 0.3) is 0 Å². The van der Waals surface area contributed by atoms with Crippen LogP contribution in [0.2, 0.25) is 0 Å². The number of esters is 1. The highest BCUT2D eigenvalue weighted by molar-refractivity contribution is 5.96. The SMILES string of the molecule is COC(=O)c1ccc(C(=O)NCCNC(C)=O)cc1. The van der Waals surface area contributed by atoms with Gasteiger partial charge in [0, 0.05) is 25.6 Å². The van der Waals surface area contributed by atoms with Crippen LogP contribution in [-0.4, -0.2) is 38.0 Å². The van der Waals surface area contributed by atoms with E-state index in [4.69, 9.17) is 0 Å². The van der Waals surface area contributed by atoms with Gasteiger partial charge in [0.1, 0.15) is 0 Å². The first-order valence-corrected chi connectivity index (χ1v) is 5.75. The Morgan fingerprint density at radius 3 is 2.05 bits per heavy atom. The van der Waals surface area contributed by atoms with E-state index >= 15 is 0 Å². The maximum Gasteiger partial charge on any atom is 0.337 e. The molecule has 0 radical (unpaired) electrons. The molecule has 6 nitrogen and oxygen atoms in total. The largest absolute Gasteiger partial charge is 0.465 e. The van der Waals surface area contributed by atoms with Crippen molar-refractivity contribution in [3.8, 4) is 0 Å². The molecule has 0 saturated heterocycles. The predicted octanol–water partition coefficient (Wildman–Crippen LogP) is 0.339. The van der Waals surface area contributed by atoms with Crippen molar-refractivity contribution in [3.05, 3.63) is 35.4 Å². The lowest BCUT2D eigenvalue weighted by Crippen LogP contribution is -2.33. The number of rotatable bonds is 5. The van der Waals surface area contributed by atoms with Gasteiger partial charge in [-0.15, -0.1) is 0 Å². The summed E-state index contributed by atoms with van der Waals surface area (Å²) in [5.41, 5.74) is 0.827. The standard InChI is InChI=1S/C13H16N2O4/c1-9(16)14-7-8-15-12(17)10-3-5-11(6-4-10)13(18)19-2/h3-6H,7-8H2,1-2H3,(H,14,16)(H,15,17). The second-order valence-electron chi connectivity index (χ2n) is 3.81. The third-order valence-corrected chi connectivity index (χ3v) is 2.35. The van der Waals surface area contributed by atoms with E-state index in [0.717, 1.165) is 0 Å². The molecule has 19 heavy (non-hydrogen) atoms. The van der Waals surface area contributed by atoms with Gasteiger partial charge in [-0.3, -0.25) is 9.59 Å². The summed E-state index contributed by atoms with van der Waals surface area (Å²) < 4.78 is 4.56. The average Bonchev–Trinajstić information content (AvgIpc) is 2.42. The highest BCUT2D eigenvalue weighted by Crippen LogP contribution is 2.05. The Morgan fingerprint density at radius 1 is 1.00 bits per heavy atom. The number of amides is 2. The van der Waals surface area contributed by atoms with E-state index in [1.807, 2.05) is 0 Å². The van der Waals surface area contributed by atoms with Gasteiger partial charge in [0.15, 0.2) is 0 Å². The van der Waals surface area contributed by atoms with E-state index in [0.29, 0.717) is 24.2 Å². The molecule has 0 spiro atoms. The molecule has 1 aromatic carbocycles. The van der Waals surface area contributed by atoms with E-state index < -0.39 is 5.97 Å². The van der Waals surface area contributed by atoms with Crippen molar-refractivity contribution in [3.63, 3.8) is 0 Å². The number of ether oxygens (including phenoxy) is 1. The average molecular weight is 264 g/mol. The fraction of sp³-hybridized carbons (Fsp3) is 0.308. The molecule has 102 valence electrons. The highest BCUT2D eigenvalue weighted by atomic mass is 16.5. The van der Waals surface area contributed by atoms with E-state index in [9.17, 15) is 14.4 Å². The van der Waals surface area contributed by atoms with Gasteiger partial charge in [0.2, 0.25) is 5.91 Å². The molecular weight excluding hydrogens is 248 g/mol. The summed E-state index contributed by atoms with van der Waals surface area (Å²) in [5, 5.41) is 5.22. The minimum absolute atomic E-state index is 0.142. The van der Waals surface area contributed by atoms with E-state index in [2.05, 4.69) is 15.4 Å². The molecule has 0 aliphatic carbocycles. The second-order valence-corrected chi connectivity index (χ2v) is 3.81. The van der Waals surface area contributed by atoms with Crippen LogP contribution >= 0.6 is 0 Å². The summed E-state index contributed by atoms with van der Waals surface area (Å²) in [6, 6.07) is 6.13. The lowest BCUT2D eigenvalue weighted by molar-refractivity contribution is -0.118. The van der Waals surface area contributed by atoms with Crippen LogP contribution in [0.5, 0.6) is 0 Å². The maximum absolute atomic E-state index is 11.7. The van der Waals surface area contributed by atoms with Crippen LogP contribution in [0.1, 0.15) is 27.6 Å². The lowest BCUT2D eigenvalue weighted by Gasteiger charge is -2.06. The summed E-state index contributed by atoms with van der Waals surface area (Å²) >= 11 is 0. The van der Waals surface area contributed by atoms with Gasteiger partial charge in [-0.25, -0.2) is 4.79 Å². The molecule has 0 atom stereocenters. The monoisotopic (exact) mass is 264 g/mol. The van der Waals surface area contributed by atoms with Crippen molar-refractivity contribution < 1.29 is 19.1 Å². The molecule has 2 N–H and O–H groups in total. The molecule has 0 saturated carbocycles. The summed E-state index contributed by atoms with van der Waals surface area (Å²) in [6.45, 7) is 2.13. The zero-order valence-corrected chi connectivity index (χ0v) is 10.9. The molecule has 0 fully saturated rings. The van der Waals surface area contributed by atoms with Gasteiger partial charge < -0.3 is 15.4 Å². The quantitative estimate of drug-likeness (QED) is 0.593. The summed E-state index contributed by atoms with van der Waals surface area (Å²) in [6.07, 6.45) is 0. The van der Waals surface area contributed by atoms with Crippen molar-refractivity contribution in [1.82, 2.24) is 10.6 Å². The van der Waals surface area contributed by atoms with Crippen molar-refractivity contribution in [2.24, 2.45) is 0 Å². The molecule has 6 heteroatoms. The van der Waals surface area contributed by atoms with Crippen molar-refractivity contribution >= 4 is 17.8 Å². The number of hydrogen-bond acceptors (Lipinski definition) is 4. The first-order chi connectivity index (χ1) is 9.04. The second kappa shape index (κ2) is 7.15. The van der Waals surface area contributed by atoms with Gasteiger partial charge in [0.05, 0.1) is 12.7 Å². The Hall–Kier alpha value is -2.37. The number of nitrogens with one attached hydrogen (secondary N) is 2. The van der Waals surface area contributed by atoms with E-state index in [1.54, 1.807) is 12.1 Å². The molecule has 0 aliphatic rings. The fourth-order valence-electron chi connectivity index (χ4n) is 1.39. The molecule has 0 heterocycles. The smallest absolute Gasteiger partial charge is 0.337 e. The van der Waals surface area contributed by atoms with Crippen LogP contribution in [0, 0.1) is 0 Å². The van der Waals surface area contributed by atoms with E-state index in [1.165, 1.54) is 26.2 Å². The third kappa shape index (κ3) is 4.79. The van der Waals surface area contributed by atoms with Gasteiger partial charge in [-0.05, 0) is 24.3 Å². The molecular formula is C13H16N2O4. The maximum atomic E-state index is 11.7. The van der Waals surface area contributed by atoms with Gasteiger partial charge in [-0.2, -0.15) is 0 Å². The number of hydrogen-bond donors (Lipinski definition) is 2. The fourth-order valence-corrected chi connectivity index (χ4v) is 1.39. The van der Waals surface area contributed by atoms with Crippen molar-refractivity contribution in [2.75, 3.05) is 20.2 Å². The van der Waals surface area contributed by atoms with Crippen LogP contribution in [0.15, 0.2) is 24.3 Å². The molecule has 0 aliphatic heterocycles.